The highest BCUT2D eigenvalue weighted by atomic mass is 32.2. The zero-order valence-electron chi connectivity index (χ0n) is 17.9. The van der Waals surface area contributed by atoms with E-state index >= 15 is 0 Å². The Bertz CT molecular complexity index is 1180. The van der Waals surface area contributed by atoms with Crippen LogP contribution in [0.25, 0.3) is 0 Å². The average Bonchev–Trinajstić information content (AvgIpc) is 3.19. The lowest BCUT2D eigenvalue weighted by Gasteiger charge is -2.10. The van der Waals surface area contributed by atoms with Gasteiger partial charge in [-0.3, -0.25) is 19.7 Å². The van der Waals surface area contributed by atoms with Crippen molar-refractivity contribution < 1.29 is 14.5 Å². The number of anilines is 1. The third-order valence-electron chi connectivity index (χ3n) is 4.59. The number of thioether (sulfide) groups is 1. The molecule has 0 atom stereocenters. The number of rotatable bonds is 10. The van der Waals surface area contributed by atoms with E-state index < -0.39 is 4.92 Å². The maximum absolute atomic E-state index is 12.4. The Labute approximate surface area is 194 Å². The number of nitro groups is 1. The molecule has 0 saturated heterocycles. The molecule has 0 bridgehead atoms. The summed E-state index contributed by atoms with van der Waals surface area (Å²) in [5, 5.41) is 25.2. The SMILES string of the molecule is C=CCn1c(CNC(=O)c2ccccc2)nnc1SCC(=O)Nc1cc([N+](=O)[O-])ccc1C. The summed E-state index contributed by atoms with van der Waals surface area (Å²) in [5.74, 6) is -0.0229. The second-order valence-corrected chi connectivity index (χ2v) is 7.88. The van der Waals surface area contributed by atoms with Crippen LogP contribution in [0, 0.1) is 17.0 Å². The van der Waals surface area contributed by atoms with Crippen LogP contribution >= 0.6 is 11.8 Å². The maximum atomic E-state index is 12.4. The predicted octanol–water partition coefficient (Wildman–Crippen LogP) is 3.34. The summed E-state index contributed by atoms with van der Waals surface area (Å²) in [5.41, 5.74) is 1.53. The molecule has 11 heteroatoms. The number of allylic oxidation sites excluding steroid dienone is 1. The summed E-state index contributed by atoms with van der Waals surface area (Å²) in [6, 6.07) is 13.1. The molecule has 0 aliphatic heterocycles. The smallest absolute Gasteiger partial charge is 0.271 e. The number of aromatic nitrogens is 3. The van der Waals surface area contributed by atoms with E-state index in [0.29, 0.717) is 34.3 Å². The second-order valence-electron chi connectivity index (χ2n) is 6.94. The first-order valence-electron chi connectivity index (χ1n) is 9.93. The van der Waals surface area contributed by atoms with E-state index in [0.717, 1.165) is 0 Å². The number of nitro benzene ring substituents is 1. The lowest BCUT2D eigenvalue weighted by Crippen LogP contribution is -2.24. The summed E-state index contributed by atoms with van der Waals surface area (Å²) in [4.78, 5) is 35.2. The number of aryl methyl sites for hydroxylation is 1. The Balaban J connectivity index is 1.63. The summed E-state index contributed by atoms with van der Waals surface area (Å²) >= 11 is 1.17. The van der Waals surface area contributed by atoms with Gasteiger partial charge in [0.05, 0.1) is 22.9 Å². The van der Waals surface area contributed by atoms with Crippen molar-refractivity contribution >= 4 is 35.0 Å². The van der Waals surface area contributed by atoms with Crippen molar-refractivity contribution in [3.63, 3.8) is 0 Å². The fraction of sp³-hybridized carbons (Fsp3) is 0.182. The van der Waals surface area contributed by atoms with Crippen molar-refractivity contribution in [2.24, 2.45) is 0 Å². The Kier molecular flexibility index (Phi) is 7.92. The van der Waals surface area contributed by atoms with Crippen molar-refractivity contribution in [3.8, 4) is 0 Å². The van der Waals surface area contributed by atoms with Crippen LogP contribution in [-0.2, 0) is 17.9 Å². The van der Waals surface area contributed by atoms with Gasteiger partial charge in [0, 0.05) is 24.2 Å². The molecule has 33 heavy (non-hydrogen) atoms. The number of benzene rings is 2. The van der Waals surface area contributed by atoms with E-state index in [4.69, 9.17) is 0 Å². The second kappa shape index (κ2) is 11.0. The number of hydrogen-bond acceptors (Lipinski definition) is 7. The molecule has 3 aromatic rings. The van der Waals surface area contributed by atoms with Gasteiger partial charge in [0.15, 0.2) is 11.0 Å². The molecule has 0 radical (unpaired) electrons. The minimum Gasteiger partial charge on any atom is -0.345 e. The van der Waals surface area contributed by atoms with Gasteiger partial charge in [0.2, 0.25) is 5.91 Å². The topological polar surface area (TPSA) is 132 Å². The van der Waals surface area contributed by atoms with Gasteiger partial charge in [-0.2, -0.15) is 0 Å². The number of hydrogen-bond donors (Lipinski definition) is 2. The molecule has 2 amide bonds. The summed E-state index contributed by atoms with van der Waals surface area (Å²) < 4.78 is 1.76. The van der Waals surface area contributed by atoms with E-state index in [1.54, 1.807) is 47.9 Å². The molecule has 2 aromatic carbocycles. The monoisotopic (exact) mass is 466 g/mol. The van der Waals surface area contributed by atoms with Crippen LogP contribution in [0.5, 0.6) is 0 Å². The van der Waals surface area contributed by atoms with E-state index in [1.807, 2.05) is 6.07 Å². The maximum Gasteiger partial charge on any atom is 0.271 e. The highest BCUT2D eigenvalue weighted by Crippen LogP contribution is 2.23. The molecular formula is C22H22N6O4S. The van der Waals surface area contributed by atoms with Crippen LogP contribution < -0.4 is 10.6 Å². The first kappa shape index (κ1) is 23.7. The molecule has 0 fully saturated rings. The van der Waals surface area contributed by atoms with Crippen LogP contribution in [0.1, 0.15) is 21.7 Å². The Morgan fingerprint density at radius 1 is 1.21 bits per heavy atom. The Morgan fingerprint density at radius 2 is 1.97 bits per heavy atom. The van der Waals surface area contributed by atoms with Crippen molar-refractivity contribution in [2.45, 2.75) is 25.2 Å². The molecular weight excluding hydrogens is 444 g/mol. The molecule has 0 aliphatic carbocycles. The van der Waals surface area contributed by atoms with Gasteiger partial charge in [0.1, 0.15) is 0 Å². The van der Waals surface area contributed by atoms with Crippen LogP contribution in [0.2, 0.25) is 0 Å². The molecule has 1 aromatic heterocycles. The molecule has 1 heterocycles. The standard InChI is InChI=1S/C22H22N6O4S/c1-3-11-27-19(13-23-21(30)16-7-5-4-6-8-16)25-26-22(27)33-14-20(29)24-18-12-17(28(31)32)10-9-15(18)2/h3-10,12H,1,11,13-14H2,2H3,(H,23,30)(H,24,29). The molecule has 10 nitrogen and oxygen atoms in total. The molecule has 2 N–H and O–H groups in total. The van der Waals surface area contributed by atoms with Gasteiger partial charge in [-0.15, -0.1) is 16.8 Å². The van der Waals surface area contributed by atoms with Gasteiger partial charge >= 0.3 is 0 Å². The third-order valence-corrected chi connectivity index (χ3v) is 5.55. The highest BCUT2D eigenvalue weighted by molar-refractivity contribution is 7.99. The minimum atomic E-state index is -0.514. The highest BCUT2D eigenvalue weighted by Gasteiger charge is 2.16. The van der Waals surface area contributed by atoms with Crippen LogP contribution in [0.4, 0.5) is 11.4 Å². The Hall–Kier alpha value is -3.99. The first-order chi connectivity index (χ1) is 15.9. The predicted molar refractivity (Wildman–Crippen MR) is 125 cm³/mol. The lowest BCUT2D eigenvalue weighted by molar-refractivity contribution is -0.384. The normalized spacial score (nSPS) is 10.5. The van der Waals surface area contributed by atoms with Gasteiger partial charge in [-0.05, 0) is 24.6 Å². The summed E-state index contributed by atoms with van der Waals surface area (Å²) in [7, 11) is 0. The number of amides is 2. The largest absolute Gasteiger partial charge is 0.345 e. The zero-order chi connectivity index (χ0) is 23.8. The fourth-order valence-electron chi connectivity index (χ4n) is 2.89. The molecule has 0 unspecified atom stereocenters. The fourth-order valence-corrected chi connectivity index (χ4v) is 3.66. The van der Waals surface area contributed by atoms with E-state index in [2.05, 4.69) is 27.4 Å². The van der Waals surface area contributed by atoms with Gasteiger partial charge < -0.3 is 15.2 Å². The van der Waals surface area contributed by atoms with E-state index in [9.17, 15) is 19.7 Å². The molecule has 0 saturated carbocycles. The van der Waals surface area contributed by atoms with Gasteiger partial charge in [0.25, 0.3) is 11.6 Å². The molecule has 0 spiro atoms. The number of nitrogens with one attached hydrogen (secondary N) is 2. The third kappa shape index (κ3) is 6.26. The zero-order valence-corrected chi connectivity index (χ0v) is 18.7. The van der Waals surface area contributed by atoms with E-state index in [-0.39, 0.29) is 29.8 Å². The molecule has 3 rings (SSSR count). The number of nitrogens with zero attached hydrogens (tertiary/aromatic N) is 4. The summed E-state index contributed by atoms with van der Waals surface area (Å²) in [6.45, 7) is 6.05. The molecule has 170 valence electrons. The van der Waals surface area contributed by atoms with Gasteiger partial charge in [-0.25, -0.2) is 0 Å². The summed E-state index contributed by atoms with van der Waals surface area (Å²) in [6.07, 6.45) is 1.67. The number of carbonyl (C=O) groups excluding carboxylic acids is 2. The van der Waals surface area contributed by atoms with E-state index in [1.165, 1.54) is 23.9 Å². The van der Waals surface area contributed by atoms with Crippen LogP contribution in [0.15, 0.2) is 66.3 Å². The lowest BCUT2D eigenvalue weighted by atomic mass is 10.2. The van der Waals surface area contributed by atoms with Gasteiger partial charge in [-0.1, -0.05) is 42.1 Å². The molecule has 0 aliphatic rings. The quantitative estimate of drug-likeness (QED) is 0.203. The van der Waals surface area contributed by atoms with Crippen LogP contribution in [-0.4, -0.2) is 37.3 Å². The average molecular weight is 467 g/mol. The van der Waals surface area contributed by atoms with Crippen molar-refractivity contribution in [3.05, 3.63) is 88.3 Å². The minimum absolute atomic E-state index is 0.0216. The van der Waals surface area contributed by atoms with Crippen molar-refractivity contribution in [1.82, 2.24) is 20.1 Å². The number of carbonyl (C=O) groups is 2. The number of non-ortho nitro benzene ring substituents is 1. The van der Waals surface area contributed by atoms with Crippen molar-refractivity contribution in [2.75, 3.05) is 11.1 Å². The van der Waals surface area contributed by atoms with Crippen LogP contribution in [0.3, 0.4) is 0 Å². The van der Waals surface area contributed by atoms with Crippen molar-refractivity contribution in [1.29, 1.82) is 0 Å². The Morgan fingerprint density at radius 3 is 2.67 bits per heavy atom. The first-order valence-corrected chi connectivity index (χ1v) is 10.9.